The molecule has 0 aliphatic carbocycles. The number of unbranched alkanes of at least 4 members (excludes halogenated alkanes) is 2. The summed E-state index contributed by atoms with van der Waals surface area (Å²) in [4.78, 5) is 4.49. The third-order valence-corrected chi connectivity index (χ3v) is 4.19. The van der Waals surface area contributed by atoms with Gasteiger partial charge in [0.25, 0.3) is 0 Å². The number of hydrogen-bond acceptors (Lipinski definition) is 4. The predicted molar refractivity (Wildman–Crippen MR) is 98.4 cm³/mol. The number of aromatic nitrogens is 1. The molecule has 0 unspecified atom stereocenters. The molecule has 1 heterocycles. The largest absolute Gasteiger partial charge is 0.497 e. The Morgan fingerprint density at radius 1 is 1.17 bits per heavy atom. The number of rotatable bonds is 10. The lowest BCUT2D eigenvalue weighted by molar-refractivity contribution is 0.415. The van der Waals surface area contributed by atoms with E-state index in [0.29, 0.717) is 6.04 Å². The molecule has 1 aromatic heterocycles. The van der Waals surface area contributed by atoms with Crippen molar-refractivity contribution in [1.29, 1.82) is 0 Å². The Hall–Kier alpha value is -1.81. The van der Waals surface area contributed by atoms with E-state index in [2.05, 4.69) is 35.5 Å². The van der Waals surface area contributed by atoms with Crippen LogP contribution in [0, 0.1) is 0 Å². The van der Waals surface area contributed by atoms with Crippen LogP contribution in [-0.2, 0) is 0 Å². The normalized spacial score (nSPS) is 12.3. The minimum Gasteiger partial charge on any atom is -0.497 e. The lowest BCUT2D eigenvalue weighted by atomic mass is 10.1. The van der Waals surface area contributed by atoms with Crippen LogP contribution >= 0.6 is 0 Å². The van der Waals surface area contributed by atoms with Crippen LogP contribution in [-0.4, -0.2) is 31.2 Å². The molecule has 1 aromatic carbocycles. The van der Waals surface area contributed by atoms with Crippen LogP contribution in [0.5, 0.6) is 5.75 Å². The van der Waals surface area contributed by atoms with Gasteiger partial charge >= 0.3 is 0 Å². The number of methoxy groups -OCH3 is 1. The minimum atomic E-state index is 0.627. The maximum Gasteiger partial charge on any atom is 0.121 e. The molecule has 0 radical (unpaired) electrons. The molecule has 0 saturated heterocycles. The van der Waals surface area contributed by atoms with Crippen molar-refractivity contribution in [2.75, 3.05) is 25.5 Å². The first-order chi connectivity index (χ1) is 11.2. The highest BCUT2D eigenvalue weighted by atomic mass is 16.5. The summed E-state index contributed by atoms with van der Waals surface area (Å²) in [6.07, 6.45) is 6.64. The predicted octanol–water partition coefficient (Wildman–Crippen LogP) is 4.21. The number of nitrogens with one attached hydrogen (secondary N) is 2. The van der Waals surface area contributed by atoms with Gasteiger partial charge in [-0.15, -0.1) is 0 Å². The van der Waals surface area contributed by atoms with Crippen LogP contribution in [0.15, 0.2) is 30.5 Å². The van der Waals surface area contributed by atoms with E-state index in [9.17, 15) is 0 Å². The highest BCUT2D eigenvalue weighted by molar-refractivity contribution is 5.91. The van der Waals surface area contributed by atoms with Crippen molar-refractivity contribution in [3.05, 3.63) is 30.5 Å². The maximum atomic E-state index is 5.38. The van der Waals surface area contributed by atoms with E-state index in [-0.39, 0.29) is 0 Å². The second-order valence-corrected chi connectivity index (χ2v) is 6.00. The zero-order valence-corrected chi connectivity index (χ0v) is 14.6. The second kappa shape index (κ2) is 9.36. The van der Waals surface area contributed by atoms with Crippen molar-refractivity contribution >= 4 is 16.6 Å². The Labute approximate surface area is 139 Å². The molecule has 0 bridgehead atoms. The number of nitrogens with zero attached hydrogens (tertiary/aromatic N) is 1. The fraction of sp³-hybridized carbons (Fsp3) is 0.526. The number of anilines is 1. The highest BCUT2D eigenvalue weighted by Gasteiger charge is 2.05. The Kier molecular flexibility index (Phi) is 7.14. The van der Waals surface area contributed by atoms with Gasteiger partial charge in [0.2, 0.25) is 0 Å². The molecule has 4 nitrogen and oxygen atoms in total. The average Bonchev–Trinajstić information content (AvgIpc) is 2.60. The molecule has 4 heteroatoms. The fourth-order valence-electron chi connectivity index (χ4n) is 2.56. The van der Waals surface area contributed by atoms with Gasteiger partial charge in [0.15, 0.2) is 0 Å². The SMILES string of the molecule is CC[C@@H](C)NCCCCCNc1cc(OC)cc2cccnc12. The van der Waals surface area contributed by atoms with Gasteiger partial charge in [-0.2, -0.15) is 0 Å². The number of benzene rings is 1. The first-order valence-electron chi connectivity index (χ1n) is 8.64. The van der Waals surface area contributed by atoms with Gasteiger partial charge in [-0.3, -0.25) is 4.98 Å². The third-order valence-electron chi connectivity index (χ3n) is 4.19. The van der Waals surface area contributed by atoms with Crippen molar-refractivity contribution in [3.63, 3.8) is 0 Å². The highest BCUT2D eigenvalue weighted by Crippen LogP contribution is 2.27. The first-order valence-corrected chi connectivity index (χ1v) is 8.64. The third kappa shape index (κ3) is 5.39. The van der Waals surface area contributed by atoms with Crippen LogP contribution in [0.25, 0.3) is 10.9 Å². The minimum absolute atomic E-state index is 0.627. The molecule has 0 aliphatic heterocycles. The Balaban J connectivity index is 1.80. The summed E-state index contributed by atoms with van der Waals surface area (Å²) in [5.74, 6) is 0.866. The Bertz CT molecular complexity index is 600. The molecule has 2 N–H and O–H groups in total. The first kappa shape index (κ1) is 17.5. The molecule has 0 saturated carbocycles. The van der Waals surface area contributed by atoms with E-state index in [1.165, 1.54) is 19.3 Å². The van der Waals surface area contributed by atoms with Crippen LogP contribution < -0.4 is 15.4 Å². The number of ether oxygens (including phenoxy) is 1. The van der Waals surface area contributed by atoms with Crippen molar-refractivity contribution in [2.45, 2.75) is 45.6 Å². The quantitative estimate of drug-likeness (QED) is 0.645. The summed E-state index contributed by atoms with van der Waals surface area (Å²) in [6, 6.07) is 8.70. The van der Waals surface area contributed by atoms with Gasteiger partial charge in [0.1, 0.15) is 5.75 Å². The molecule has 23 heavy (non-hydrogen) atoms. The zero-order chi connectivity index (χ0) is 16.5. The number of hydrogen-bond donors (Lipinski definition) is 2. The standard InChI is InChI=1S/C19H29N3O/c1-4-15(2)20-10-6-5-7-11-21-18-14-17(23-3)13-16-9-8-12-22-19(16)18/h8-9,12-15,20-21H,4-7,10-11H2,1-3H3/t15-/m1/s1. The summed E-state index contributed by atoms with van der Waals surface area (Å²) in [5, 5.41) is 8.15. The monoisotopic (exact) mass is 315 g/mol. The fourth-order valence-corrected chi connectivity index (χ4v) is 2.56. The van der Waals surface area contributed by atoms with Gasteiger partial charge in [0.05, 0.1) is 18.3 Å². The van der Waals surface area contributed by atoms with Crippen LogP contribution in [0.2, 0.25) is 0 Å². The molecule has 2 rings (SSSR count). The molecule has 0 amide bonds. The van der Waals surface area contributed by atoms with E-state index in [1.54, 1.807) is 7.11 Å². The van der Waals surface area contributed by atoms with E-state index in [1.807, 2.05) is 24.4 Å². The summed E-state index contributed by atoms with van der Waals surface area (Å²) in [5.41, 5.74) is 2.06. The van der Waals surface area contributed by atoms with Crippen molar-refractivity contribution in [1.82, 2.24) is 10.3 Å². The molecular weight excluding hydrogens is 286 g/mol. The van der Waals surface area contributed by atoms with E-state index in [0.717, 1.165) is 41.9 Å². The maximum absolute atomic E-state index is 5.38. The molecule has 2 aromatic rings. The van der Waals surface area contributed by atoms with Crippen LogP contribution in [0.1, 0.15) is 39.5 Å². The zero-order valence-electron chi connectivity index (χ0n) is 14.6. The summed E-state index contributed by atoms with van der Waals surface area (Å²) in [7, 11) is 1.70. The molecule has 1 atom stereocenters. The molecule has 0 fully saturated rings. The van der Waals surface area contributed by atoms with Gasteiger partial charge in [-0.05, 0) is 44.9 Å². The summed E-state index contributed by atoms with van der Waals surface area (Å²) < 4.78 is 5.38. The van der Waals surface area contributed by atoms with Gasteiger partial charge in [-0.25, -0.2) is 0 Å². The topological polar surface area (TPSA) is 46.2 Å². The van der Waals surface area contributed by atoms with Crippen molar-refractivity contribution in [3.8, 4) is 5.75 Å². The van der Waals surface area contributed by atoms with E-state index in [4.69, 9.17) is 4.74 Å². The second-order valence-electron chi connectivity index (χ2n) is 6.00. The molecule has 126 valence electrons. The summed E-state index contributed by atoms with van der Waals surface area (Å²) in [6.45, 7) is 6.53. The van der Waals surface area contributed by atoms with E-state index >= 15 is 0 Å². The number of fused-ring (bicyclic) bond motifs is 1. The summed E-state index contributed by atoms with van der Waals surface area (Å²) >= 11 is 0. The smallest absolute Gasteiger partial charge is 0.121 e. The van der Waals surface area contributed by atoms with E-state index < -0.39 is 0 Å². The van der Waals surface area contributed by atoms with Gasteiger partial charge in [0, 0.05) is 30.2 Å². The Morgan fingerprint density at radius 3 is 2.78 bits per heavy atom. The molecule has 0 spiro atoms. The van der Waals surface area contributed by atoms with Crippen LogP contribution in [0.4, 0.5) is 5.69 Å². The van der Waals surface area contributed by atoms with Crippen molar-refractivity contribution in [2.24, 2.45) is 0 Å². The lowest BCUT2D eigenvalue weighted by Gasteiger charge is -2.12. The van der Waals surface area contributed by atoms with Crippen LogP contribution in [0.3, 0.4) is 0 Å². The van der Waals surface area contributed by atoms with Gasteiger partial charge < -0.3 is 15.4 Å². The van der Waals surface area contributed by atoms with Crippen molar-refractivity contribution < 1.29 is 4.74 Å². The Morgan fingerprint density at radius 2 is 2.00 bits per heavy atom. The molecular formula is C19H29N3O. The average molecular weight is 315 g/mol. The lowest BCUT2D eigenvalue weighted by Crippen LogP contribution is -2.26. The van der Waals surface area contributed by atoms with Gasteiger partial charge in [-0.1, -0.05) is 19.4 Å². The molecule has 0 aliphatic rings. The number of pyridine rings is 1.